The zero-order valence-electron chi connectivity index (χ0n) is 9.85. The minimum atomic E-state index is -0.373. The number of anilines is 1. The molecule has 0 spiro atoms. The molecular formula is C14H10FN3O. The van der Waals surface area contributed by atoms with E-state index < -0.39 is 0 Å². The van der Waals surface area contributed by atoms with E-state index in [2.05, 4.69) is 15.5 Å². The Morgan fingerprint density at radius 2 is 1.84 bits per heavy atom. The van der Waals surface area contributed by atoms with Crippen LogP contribution in [0.15, 0.2) is 48.5 Å². The summed E-state index contributed by atoms with van der Waals surface area (Å²) in [5.41, 5.74) is 1.23. The van der Waals surface area contributed by atoms with Crippen molar-refractivity contribution in [2.45, 2.75) is 0 Å². The van der Waals surface area contributed by atoms with E-state index in [-0.39, 0.29) is 11.7 Å². The van der Waals surface area contributed by atoms with Crippen molar-refractivity contribution in [3.8, 4) is 0 Å². The Morgan fingerprint density at radius 1 is 1.11 bits per heavy atom. The Bertz CT molecular complexity index is 734. The molecule has 0 saturated heterocycles. The minimum Gasteiger partial charge on any atom is -0.305 e. The molecule has 2 aromatic carbocycles. The van der Waals surface area contributed by atoms with Crippen LogP contribution in [0.25, 0.3) is 10.9 Å². The summed E-state index contributed by atoms with van der Waals surface area (Å²) in [5.74, 6) is -0.232. The minimum absolute atomic E-state index is 0.322. The molecule has 5 heteroatoms. The van der Waals surface area contributed by atoms with Crippen molar-refractivity contribution >= 4 is 22.6 Å². The third kappa shape index (κ3) is 2.18. The molecule has 1 aromatic heterocycles. The third-order valence-electron chi connectivity index (χ3n) is 2.81. The molecule has 1 heterocycles. The van der Waals surface area contributed by atoms with Crippen LogP contribution in [0.4, 0.5) is 10.2 Å². The lowest BCUT2D eigenvalue weighted by molar-refractivity contribution is 0.102. The van der Waals surface area contributed by atoms with Crippen LogP contribution in [0.5, 0.6) is 0 Å². The van der Waals surface area contributed by atoms with E-state index in [0.29, 0.717) is 11.4 Å². The van der Waals surface area contributed by atoms with E-state index >= 15 is 0 Å². The van der Waals surface area contributed by atoms with Crippen LogP contribution < -0.4 is 5.32 Å². The average molecular weight is 255 g/mol. The molecule has 2 N–H and O–H groups in total. The zero-order chi connectivity index (χ0) is 13.2. The largest absolute Gasteiger partial charge is 0.305 e. The third-order valence-corrected chi connectivity index (χ3v) is 2.81. The number of para-hydroxylation sites is 1. The molecule has 4 nitrogen and oxygen atoms in total. The van der Waals surface area contributed by atoms with Crippen molar-refractivity contribution in [2.24, 2.45) is 0 Å². The zero-order valence-corrected chi connectivity index (χ0v) is 9.85. The highest BCUT2D eigenvalue weighted by molar-refractivity contribution is 6.07. The van der Waals surface area contributed by atoms with Crippen LogP contribution in [0, 0.1) is 5.82 Å². The van der Waals surface area contributed by atoms with Crippen molar-refractivity contribution < 1.29 is 9.18 Å². The summed E-state index contributed by atoms with van der Waals surface area (Å²) in [5, 5.41) is 10.4. The molecular weight excluding hydrogens is 245 g/mol. The molecule has 0 aliphatic carbocycles. The number of fused-ring (bicyclic) bond motifs is 1. The second-order valence-electron chi connectivity index (χ2n) is 4.08. The molecule has 0 saturated carbocycles. The lowest BCUT2D eigenvalue weighted by Crippen LogP contribution is -2.12. The van der Waals surface area contributed by atoms with E-state index in [9.17, 15) is 9.18 Å². The summed E-state index contributed by atoms with van der Waals surface area (Å²) in [4.78, 5) is 12.0. The number of amides is 1. The smallest absolute Gasteiger partial charge is 0.256 e. The highest BCUT2D eigenvalue weighted by Gasteiger charge is 2.10. The normalized spacial score (nSPS) is 10.6. The van der Waals surface area contributed by atoms with Gasteiger partial charge in [0.25, 0.3) is 5.91 Å². The number of hydrogen-bond acceptors (Lipinski definition) is 2. The van der Waals surface area contributed by atoms with Gasteiger partial charge in [-0.05, 0) is 36.4 Å². The number of aromatic nitrogens is 2. The van der Waals surface area contributed by atoms with E-state index in [4.69, 9.17) is 0 Å². The van der Waals surface area contributed by atoms with Crippen LogP contribution in [-0.2, 0) is 0 Å². The molecule has 3 aromatic rings. The van der Waals surface area contributed by atoms with Crippen LogP contribution >= 0.6 is 0 Å². The lowest BCUT2D eigenvalue weighted by Gasteiger charge is -2.02. The topological polar surface area (TPSA) is 57.8 Å². The van der Waals surface area contributed by atoms with Crippen LogP contribution in [0.3, 0.4) is 0 Å². The maximum absolute atomic E-state index is 12.8. The Labute approximate surface area is 108 Å². The van der Waals surface area contributed by atoms with E-state index in [0.717, 1.165) is 10.9 Å². The highest BCUT2D eigenvalue weighted by Crippen LogP contribution is 2.20. The van der Waals surface area contributed by atoms with Crippen molar-refractivity contribution in [1.82, 2.24) is 10.2 Å². The summed E-state index contributed by atoms with van der Waals surface area (Å²) >= 11 is 0. The number of carbonyl (C=O) groups excluding carboxylic acids is 1. The van der Waals surface area contributed by atoms with Gasteiger partial charge in [0.05, 0.1) is 5.52 Å². The van der Waals surface area contributed by atoms with Crippen molar-refractivity contribution in [3.05, 3.63) is 59.9 Å². The van der Waals surface area contributed by atoms with Crippen LogP contribution in [-0.4, -0.2) is 16.1 Å². The summed E-state index contributed by atoms with van der Waals surface area (Å²) in [6.45, 7) is 0. The number of halogens is 1. The molecule has 3 rings (SSSR count). The average Bonchev–Trinajstić information content (AvgIpc) is 2.83. The highest BCUT2D eigenvalue weighted by atomic mass is 19.1. The van der Waals surface area contributed by atoms with Gasteiger partial charge < -0.3 is 5.32 Å². The maximum atomic E-state index is 12.8. The Morgan fingerprint density at radius 3 is 2.63 bits per heavy atom. The number of rotatable bonds is 2. The summed E-state index contributed by atoms with van der Waals surface area (Å²) in [7, 11) is 0. The van der Waals surface area contributed by atoms with Crippen molar-refractivity contribution in [2.75, 3.05) is 5.32 Å². The number of nitrogens with one attached hydrogen (secondary N) is 2. The predicted octanol–water partition coefficient (Wildman–Crippen LogP) is 2.95. The molecule has 19 heavy (non-hydrogen) atoms. The molecule has 94 valence electrons. The number of aromatic amines is 1. The van der Waals surface area contributed by atoms with Crippen molar-refractivity contribution in [1.29, 1.82) is 0 Å². The first-order valence-corrected chi connectivity index (χ1v) is 5.74. The number of nitrogens with zero attached hydrogens (tertiary/aromatic N) is 1. The standard InChI is InChI=1S/C14H10FN3O/c15-10-7-5-9(6-8-10)14(19)16-13-11-3-1-2-4-12(11)17-18-13/h1-8H,(H2,16,17,18,19). The summed E-state index contributed by atoms with van der Waals surface area (Å²) < 4.78 is 12.8. The molecule has 1 amide bonds. The summed E-state index contributed by atoms with van der Waals surface area (Å²) in [6.07, 6.45) is 0. The van der Waals surface area contributed by atoms with Gasteiger partial charge in [-0.2, -0.15) is 5.10 Å². The quantitative estimate of drug-likeness (QED) is 0.739. The predicted molar refractivity (Wildman–Crippen MR) is 70.4 cm³/mol. The van der Waals surface area contributed by atoms with Gasteiger partial charge in [0.15, 0.2) is 5.82 Å². The fourth-order valence-corrected chi connectivity index (χ4v) is 1.84. The van der Waals surface area contributed by atoms with E-state index in [1.807, 2.05) is 24.3 Å². The molecule has 0 aliphatic rings. The first-order chi connectivity index (χ1) is 9.24. The number of benzene rings is 2. The van der Waals surface area contributed by atoms with E-state index in [1.165, 1.54) is 24.3 Å². The van der Waals surface area contributed by atoms with E-state index in [1.54, 1.807) is 0 Å². The van der Waals surface area contributed by atoms with Crippen molar-refractivity contribution in [3.63, 3.8) is 0 Å². The fourth-order valence-electron chi connectivity index (χ4n) is 1.84. The number of hydrogen-bond donors (Lipinski definition) is 2. The summed E-state index contributed by atoms with van der Waals surface area (Å²) in [6, 6.07) is 12.8. The number of H-pyrrole nitrogens is 1. The SMILES string of the molecule is O=C(Nc1n[nH]c2ccccc12)c1ccc(F)cc1. The first kappa shape index (κ1) is 11.4. The van der Waals surface area contributed by atoms with Gasteiger partial charge in [-0.15, -0.1) is 0 Å². The van der Waals surface area contributed by atoms with Gasteiger partial charge >= 0.3 is 0 Å². The molecule has 0 unspecified atom stereocenters. The molecule has 0 bridgehead atoms. The van der Waals surface area contributed by atoms with Crippen LogP contribution in [0.2, 0.25) is 0 Å². The molecule has 0 atom stereocenters. The lowest BCUT2D eigenvalue weighted by atomic mass is 10.2. The van der Waals surface area contributed by atoms with Gasteiger partial charge in [0.2, 0.25) is 0 Å². The van der Waals surface area contributed by atoms with Crippen LogP contribution in [0.1, 0.15) is 10.4 Å². The monoisotopic (exact) mass is 255 g/mol. The molecule has 0 radical (unpaired) electrons. The fraction of sp³-hybridized carbons (Fsp3) is 0. The second-order valence-corrected chi connectivity index (χ2v) is 4.08. The van der Waals surface area contributed by atoms with Gasteiger partial charge in [0, 0.05) is 10.9 Å². The Kier molecular flexibility index (Phi) is 2.72. The van der Waals surface area contributed by atoms with Gasteiger partial charge in [-0.1, -0.05) is 12.1 Å². The van der Waals surface area contributed by atoms with Gasteiger partial charge in [0.1, 0.15) is 5.82 Å². The molecule has 0 fully saturated rings. The first-order valence-electron chi connectivity index (χ1n) is 5.74. The Balaban J connectivity index is 1.89. The maximum Gasteiger partial charge on any atom is 0.256 e. The Hall–Kier alpha value is -2.69. The van der Waals surface area contributed by atoms with Gasteiger partial charge in [-0.25, -0.2) is 4.39 Å². The second kappa shape index (κ2) is 4.53. The molecule has 0 aliphatic heterocycles. The van der Waals surface area contributed by atoms with Gasteiger partial charge in [-0.3, -0.25) is 9.89 Å². The number of carbonyl (C=O) groups is 1.